The highest BCUT2D eigenvalue weighted by molar-refractivity contribution is 5.55. The van der Waals surface area contributed by atoms with Crippen LogP contribution in [0.25, 0.3) is 11.9 Å². The van der Waals surface area contributed by atoms with Gasteiger partial charge in [0.2, 0.25) is 0 Å². The quantitative estimate of drug-likeness (QED) is 0.662. The molecule has 0 aromatic heterocycles. The Morgan fingerprint density at radius 3 is 2.58 bits per heavy atom. The molecule has 0 heterocycles. The van der Waals surface area contributed by atoms with E-state index in [0.717, 1.165) is 43.2 Å². The number of alkyl halides is 1. The molecule has 2 unspecified atom stereocenters. The lowest BCUT2D eigenvalue weighted by Crippen LogP contribution is -2.48. The zero-order chi connectivity index (χ0) is 17.2. The van der Waals surface area contributed by atoms with Gasteiger partial charge in [-0.3, -0.25) is 0 Å². The van der Waals surface area contributed by atoms with Gasteiger partial charge in [-0.05, 0) is 42.7 Å². The first kappa shape index (κ1) is 17.4. The van der Waals surface area contributed by atoms with Gasteiger partial charge in [-0.15, -0.1) is 6.58 Å². The Morgan fingerprint density at radius 1 is 1.21 bits per heavy atom. The fourth-order valence-corrected chi connectivity index (χ4v) is 4.76. The Morgan fingerprint density at radius 2 is 1.92 bits per heavy atom. The Hall–Kier alpha value is -1.44. The summed E-state index contributed by atoms with van der Waals surface area (Å²) in [5.74, 6) is 0.393. The van der Waals surface area contributed by atoms with Gasteiger partial charge in [0.05, 0.1) is 0 Å². The molecule has 2 atom stereocenters. The molecule has 0 aliphatic heterocycles. The maximum absolute atomic E-state index is 15.4. The Balaban J connectivity index is 2.04. The molecule has 24 heavy (non-hydrogen) atoms. The summed E-state index contributed by atoms with van der Waals surface area (Å²) in [6.07, 6.45) is 9.19. The van der Waals surface area contributed by atoms with Crippen molar-refractivity contribution >= 4 is 11.9 Å². The standard InChI is InChI=1S/C22H28F2/c1-3-5-14-22(18-12-10-16(4-2)11-13-18)15-17-8-6-7-9-19(17)20(23)21(22)24/h3,6-9,15-16,18,21H,1,4-5,10-14H2,2H3. The summed E-state index contributed by atoms with van der Waals surface area (Å²) in [6, 6.07) is 7.30. The van der Waals surface area contributed by atoms with Gasteiger partial charge in [0, 0.05) is 10.6 Å². The second kappa shape index (κ2) is 7.21. The third-order valence-corrected chi connectivity index (χ3v) is 6.30. The highest BCUT2D eigenvalue weighted by Gasteiger charge is 2.48. The number of rotatable bonds is 5. The molecule has 2 aliphatic carbocycles. The minimum atomic E-state index is -1.53. The summed E-state index contributed by atoms with van der Waals surface area (Å²) in [5, 5.41) is 1.28. The number of allylic oxidation sites excluding steroid dienone is 1. The zero-order valence-electron chi connectivity index (χ0n) is 14.6. The van der Waals surface area contributed by atoms with E-state index in [2.05, 4.69) is 19.6 Å². The van der Waals surface area contributed by atoms with E-state index in [1.807, 2.05) is 18.2 Å². The van der Waals surface area contributed by atoms with Crippen molar-refractivity contribution < 1.29 is 8.78 Å². The summed E-state index contributed by atoms with van der Waals surface area (Å²) in [4.78, 5) is 0. The van der Waals surface area contributed by atoms with Crippen molar-refractivity contribution in [2.24, 2.45) is 17.3 Å². The van der Waals surface area contributed by atoms with Crippen LogP contribution in [0.5, 0.6) is 0 Å². The van der Waals surface area contributed by atoms with Gasteiger partial charge in [-0.2, -0.15) is 0 Å². The third-order valence-electron chi connectivity index (χ3n) is 6.30. The van der Waals surface area contributed by atoms with Crippen molar-refractivity contribution in [3.8, 4) is 0 Å². The number of hydrogen-bond acceptors (Lipinski definition) is 0. The molecular weight excluding hydrogens is 302 g/mol. The second-order valence-corrected chi connectivity index (χ2v) is 7.51. The molecule has 1 aromatic rings. The molecule has 1 aromatic carbocycles. The predicted molar refractivity (Wildman–Crippen MR) is 97.2 cm³/mol. The lowest BCUT2D eigenvalue weighted by Gasteiger charge is -2.45. The van der Waals surface area contributed by atoms with Crippen LogP contribution in [0.15, 0.2) is 36.9 Å². The summed E-state index contributed by atoms with van der Waals surface area (Å²) < 4.78 is 30.3. The van der Waals surface area contributed by atoms with Gasteiger partial charge in [0.25, 0.3) is 0 Å². The van der Waals surface area contributed by atoms with E-state index in [1.165, 1.54) is 6.42 Å². The van der Waals surface area contributed by atoms with Crippen LogP contribution in [0.3, 0.4) is 0 Å². The first-order chi connectivity index (χ1) is 11.6. The van der Waals surface area contributed by atoms with Crippen LogP contribution in [-0.2, 0) is 0 Å². The Kier molecular flexibility index (Phi) is 5.22. The van der Waals surface area contributed by atoms with Crippen LogP contribution < -0.4 is 10.4 Å². The minimum absolute atomic E-state index is 0.217. The van der Waals surface area contributed by atoms with Gasteiger partial charge in [-0.1, -0.05) is 62.6 Å². The van der Waals surface area contributed by atoms with Crippen molar-refractivity contribution in [3.63, 3.8) is 0 Å². The molecule has 130 valence electrons. The fourth-order valence-electron chi connectivity index (χ4n) is 4.76. The number of fused-ring (bicyclic) bond motifs is 1. The van der Waals surface area contributed by atoms with Crippen LogP contribution in [0.4, 0.5) is 8.78 Å². The van der Waals surface area contributed by atoms with E-state index in [0.29, 0.717) is 11.6 Å². The van der Waals surface area contributed by atoms with E-state index < -0.39 is 17.4 Å². The van der Waals surface area contributed by atoms with Crippen LogP contribution in [0, 0.1) is 17.3 Å². The Labute approximate surface area is 144 Å². The van der Waals surface area contributed by atoms with Gasteiger partial charge < -0.3 is 0 Å². The number of benzene rings is 1. The van der Waals surface area contributed by atoms with E-state index in [-0.39, 0.29) is 5.92 Å². The molecule has 0 N–H and O–H groups in total. The summed E-state index contributed by atoms with van der Waals surface area (Å²) in [5.41, 5.74) is -0.717. The maximum atomic E-state index is 15.4. The van der Waals surface area contributed by atoms with E-state index >= 15 is 4.39 Å². The van der Waals surface area contributed by atoms with E-state index in [1.54, 1.807) is 12.1 Å². The van der Waals surface area contributed by atoms with Crippen LogP contribution in [-0.4, -0.2) is 6.17 Å². The molecule has 0 bridgehead atoms. The van der Waals surface area contributed by atoms with Crippen molar-refractivity contribution in [2.75, 3.05) is 0 Å². The zero-order valence-corrected chi connectivity index (χ0v) is 14.6. The molecule has 0 saturated heterocycles. The topological polar surface area (TPSA) is 0 Å². The number of hydrogen-bond donors (Lipinski definition) is 0. The first-order valence-electron chi connectivity index (χ1n) is 9.35. The van der Waals surface area contributed by atoms with Crippen LogP contribution in [0.2, 0.25) is 0 Å². The van der Waals surface area contributed by atoms with Crippen molar-refractivity contribution in [2.45, 2.75) is 58.0 Å². The maximum Gasteiger partial charge on any atom is 0.161 e. The Bertz CT molecular complexity index is 697. The molecule has 0 spiro atoms. The van der Waals surface area contributed by atoms with Gasteiger partial charge >= 0.3 is 0 Å². The monoisotopic (exact) mass is 330 g/mol. The fraction of sp³-hybridized carbons (Fsp3) is 0.545. The third kappa shape index (κ3) is 2.96. The predicted octanol–water partition coefficient (Wildman–Crippen LogP) is 5.07. The largest absolute Gasteiger partial charge is 0.239 e. The molecule has 2 heteroatoms. The van der Waals surface area contributed by atoms with Gasteiger partial charge in [-0.25, -0.2) is 8.78 Å². The van der Waals surface area contributed by atoms with Gasteiger partial charge in [0.1, 0.15) is 5.83 Å². The SMILES string of the molecule is C=CCCC1(C2CCC(CC)CC2)C=c2ccccc2=C(F)C1F. The molecule has 1 saturated carbocycles. The highest BCUT2D eigenvalue weighted by atomic mass is 19.2. The molecule has 0 amide bonds. The first-order valence-corrected chi connectivity index (χ1v) is 9.35. The second-order valence-electron chi connectivity index (χ2n) is 7.51. The summed E-state index contributed by atoms with van der Waals surface area (Å²) in [7, 11) is 0. The number of halogens is 2. The van der Waals surface area contributed by atoms with Crippen LogP contribution in [0.1, 0.15) is 51.9 Å². The summed E-state index contributed by atoms with van der Waals surface area (Å²) >= 11 is 0. The molecule has 2 aliphatic rings. The summed E-state index contributed by atoms with van der Waals surface area (Å²) in [6.45, 7) is 6.03. The lowest BCUT2D eigenvalue weighted by atomic mass is 9.60. The average molecular weight is 330 g/mol. The van der Waals surface area contributed by atoms with Gasteiger partial charge in [0.15, 0.2) is 6.17 Å². The van der Waals surface area contributed by atoms with Crippen molar-refractivity contribution in [1.29, 1.82) is 0 Å². The van der Waals surface area contributed by atoms with E-state index in [9.17, 15) is 4.39 Å². The lowest BCUT2D eigenvalue weighted by molar-refractivity contribution is 0.0779. The average Bonchev–Trinajstić information content (AvgIpc) is 2.64. The van der Waals surface area contributed by atoms with Crippen molar-refractivity contribution in [3.05, 3.63) is 47.4 Å². The molecule has 1 fully saturated rings. The molecule has 0 radical (unpaired) electrons. The molecular formula is C22H28F2. The van der Waals surface area contributed by atoms with Crippen molar-refractivity contribution in [1.82, 2.24) is 0 Å². The molecule has 0 nitrogen and oxygen atoms in total. The molecule has 3 rings (SSSR count). The highest BCUT2D eigenvalue weighted by Crippen LogP contribution is 2.51. The van der Waals surface area contributed by atoms with Crippen LogP contribution >= 0.6 is 0 Å². The van der Waals surface area contributed by atoms with E-state index in [4.69, 9.17) is 0 Å². The minimum Gasteiger partial charge on any atom is -0.239 e. The normalized spacial score (nSPS) is 32.8. The smallest absolute Gasteiger partial charge is 0.161 e.